The minimum Gasteiger partial charge on any atom is -0.456 e. The van der Waals surface area contributed by atoms with Gasteiger partial charge in [0, 0.05) is 32.7 Å². The van der Waals surface area contributed by atoms with Crippen molar-refractivity contribution < 1.29 is 15.4 Å². The Bertz CT molecular complexity index is 3200. The SMILES string of the molecule is [2H]c1c([2H])c([2H])c2c(c1[2H])c1c([2H])c([2H])c([2H])c([2H])c1n2-c1nc(-c2cc(-c3ccccc3)cc(-c3ccccc3)c2)nc(-c2ccc3c(c2)oc2ccccc23)n1. The number of aromatic nitrogens is 4. The molecule has 0 aliphatic carbocycles. The normalized spacial score (nSPS) is 13.8. The number of furan rings is 1. The summed E-state index contributed by atoms with van der Waals surface area (Å²) in [5.74, 6) is 0.313. The summed E-state index contributed by atoms with van der Waals surface area (Å²) in [4.78, 5) is 15.0. The zero-order valence-electron chi connectivity index (χ0n) is 34.2. The van der Waals surface area contributed by atoms with E-state index in [1.54, 1.807) is 0 Å². The van der Waals surface area contributed by atoms with Gasteiger partial charge < -0.3 is 4.42 Å². The number of hydrogen-bond acceptors (Lipinski definition) is 4. The highest BCUT2D eigenvalue weighted by molar-refractivity contribution is 6.09. The van der Waals surface area contributed by atoms with E-state index in [9.17, 15) is 0 Å². The molecule has 0 fully saturated rings. The first-order valence-electron chi connectivity index (χ1n) is 20.0. The molecule has 0 aliphatic rings. The number of benzene rings is 7. The first-order valence-corrected chi connectivity index (χ1v) is 16.0. The smallest absolute Gasteiger partial charge is 0.238 e. The summed E-state index contributed by atoms with van der Waals surface area (Å²) in [5, 5.41) is 1.70. The third-order valence-electron chi connectivity index (χ3n) is 8.90. The highest BCUT2D eigenvalue weighted by atomic mass is 16.3. The van der Waals surface area contributed by atoms with Crippen LogP contribution < -0.4 is 0 Å². The second-order valence-corrected chi connectivity index (χ2v) is 11.9. The van der Waals surface area contributed by atoms with Crippen LogP contribution in [-0.4, -0.2) is 19.5 Å². The van der Waals surface area contributed by atoms with Gasteiger partial charge in [-0.15, -0.1) is 0 Å². The summed E-state index contributed by atoms with van der Waals surface area (Å²) in [7, 11) is 0. The van der Waals surface area contributed by atoms with Crippen molar-refractivity contribution >= 4 is 43.7 Å². The van der Waals surface area contributed by atoms with Crippen LogP contribution in [0.2, 0.25) is 0 Å². The van der Waals surface area contributed by atoms with E-state index in [4.69, 9.17) is 30.3 Å². The van der Waals surface area contributed by atoms with Crippen molar-refractivity contribution in [1.29, 1.82) is 0 Å². The Kier molecular flexibility index (Phi) is 4.83. The van der Waals surface area contributed by atoms with Crippen LogP contribution in [-0.2, 0) is 0 Å². The first-order chi connectivity index (χ1) is 28.1. The molecule has 0 aliphatic heterocycles. The summed E-state index contributed by atoms with van der Waals surface area (Å²) in [5.41, 5.74) is 6.00. The molecule has 234 valence electrons. The number of hydrogen-bond donors (Lipinski definition) is 0. The van der Waals surface area contributed by atoms with Gasteiger partial charge in [0.25, 0.3) is 0 Å². The average molecular weight is 649 g/mol. The molecule has 0 bridgehead atoms. The molecular formula is C45H28N4O. The van der Waals surface area contributed by atoms with Crippen LogP contribution in [0.4, 0.5) is 0 Å². The minimum atomic E-state index is -0.537. The molecule has 50 heavy (non-hydrogen) atoms. The van der Waals surface area contributed by atoms with Crippen LogP contribution >= 0.6 is 0 Å². The van der Waals surface area contributed by atoms with Crippen molar-refractivity contribution in [2.75, 3.05) is 0 Å². The number of nitrogens with zero attached hydrogens (tertiary/aromatic N) is 4. The summed E-state index contributed by atoms with van der Waals surface area (Å²) in [6, 6.07) is 35.2. The molecule has 7 aromatic carbocycles. The molecule has 3 heterocycles. The molecule has 0 N–H and O–H groups in total. The van der Waals surface area contributed by atoms with Crippen molar-refractivity contribution in [3.05, 3.63) is 170 Å². The fraction of sp³-hybridized carbons (Fsp3) is 0. The van der Waals surface area contributed by atoms with E-state index in [0.29, 0.717) is 22.3 Å². The first kappa shape index (κ1) is 21.2. The van der Waals surface area contributed by atoms with E-state index < -0.39 is 48.3 Å². The third kappa shape index (κ3) is 4.67. The van der Waals surface area contributed by atoms with E-state index in [-0.39, 0.29) is 39.4 Å². The maximum Gasteiger partial charge on any atom is 0.238 e. The fourth-order valence-corrected chi connectivity index (χ4v) is 6.56. The van der Waals surface area contributed by atoms with Crippen molar-refractivity contribution in [3.8, 4) is 51.0 Å². The van der Waals surface area contributed by atoms with Gasteiger partial charge >= 0.3 is 0 Å². The molecule has 3 aromatic heterocycles. The van der Waals surface area contributed by atoms with Gasteiger partial charge in [0.1, 0.15) is 11.2 Å². The molecule has 0 unspecified atom stereocenters. The monoisotopic (exact) mass is 648 g/mol. The van der Waals surface area contributed by atoms with Crippen LogP contribution in [0.5, 0.6) is 0 Å². The van der Waals surface area contributed by atoms with Crippen molar-refractivity contribution in [3.63, 3.8) is 0 Å². The average Bonchev–Trinajstić information content (AvgIpc) is 3.83. The van der Waals surface area contributed by atoms with E-state index in [2.05, 4.69) is 6.07 Å². The zero-order chi connectivity index (χ0) is 40.0. The maximum atomic E-state index is 9.11. The Labute approximate surface area is 299 Å². The lowest BCUT2D eigenvalue weighted by Gasteiger charge is -2.13. The summed E-state index contributed by atoms with van der Waals surface area (Å²) in [6.45, 7) is 0. The number of para-hydroxylation sites is 3. The van der Waals surface area contributed by atoms with Gasteiger partial charge in [0.05, 0.1) is 22.0 Å². The lowest BCUT2D eigenvalue weighted by Crippen LogP contribution is -2.06. The van der Waals surface area contributed by atoms with Gasteiger partial charge in [0.2, 0.25) is 5.95 Å². The fourth-order valence-electron chi connectivity index (χ4n) is 6.56. The predicted octanol–water partition coefficient (Wildman–Crippen LogP) is 11.5. The Morgan fingerprint density at radius 3 is 1.62 bits per heavy atom. The van der Waals surface area contributed by atoms with Crippen molar-refractivity contribution in [2.24, 2.45) is 0 Å². The molecular weight excluding hydrogens is 613 g/mol. The largest absolute Gasteiger partial charge is 0.456 e. The molecule has 0 saturated heterocycles. The van der Waals surface area contributed by atoms with E-state index in [1.165, 1.54) is 4.57 Å². The Balaban J connectivity index is 1.33. The number of rotatable bonds is 5. The van der Waals surface area contributed by atoms with Crippen LogP contribution in [0.25, 0.3) is 94.7 Å². The van der Waals surface area contributed by atoms with Crippen molar-refractivity contribution in [2.45, 2.75) is 0 Å². The Hall–Kier alpha value is -6.85. The van der Waals surface area contributed by atoms with Crippen LogP contribution in [0.1, 0.15) is 11.0 Å². The standard InChI is InChI=1S/C45H28N4O/c1-3-13-29(14-4-1)32-25-33(30-15-5-2-6-16-30)27-34(26-32)44-46-43(31-23-24-38-37-19-9-12-22-41(37)50-42(38)28-31)47-45(48-44)49-39-20-10-7-17-35(39)36-18-8-11-21-40(36)49/h1-28H/i7D,8D,10D,11D,17D,18D,20D,21D. The zero-order valence-corrected chi connectivity index (χ0v) is 26.2. The van der Waals surface area contributed by atoms with Gasteiger partial charge in [-0.1, -0.05) is 121 Å². The minimum absolute atomic E-state index is 0.0716. The molecule has 0 atom stereocenters. The molecule has 0 radical (unpaired) electrons. The van der Waals surface area contributed by atoms with E-state index >= 15 is 0 Å². The van der Waals surface area contributed by atoms with Crippen molar-refractivity contribution in [1.82, 2.24) is 19.5 Å². The molecule has 10 aromatic rings. The van der Waals surface area contributed by atoms with E-state index in [0.717, 1.165) is 33.0 Å². The highest BCUT2D eigenvalue weighted by Crippen LogP contribution is 2.36. The predicted molar refractivity (Wildman–Crippen MR) is 203 cm³/mol. The van der Waals surface area contributed by atoms with Gasteiger partial charge in [-0.05, 0) is 70.7 Å². The molecule has 0 saturated carbocycles. The maximum absolute atomic E-state index is 9.11. The summed E-state index contributed by atoms with van der Waals surface area (Å²) >= 11 is 0. The Morgan fingerprint density at radius 1 is 0.420 bits per heavy atom. The topological polar surface area (TPSA) is 56.7 Å². The second kappa shape index (κ2) is 11.4. The summed E-state index contributed by atoms with van der Waals surface area (Å²) < 4.78 is 78.0. The molecule has 10 rings (SSSR count). The quantitative estimate of drug-likeness (QED) is 0.186. The summed E-state index contributed by atoms with van der Waals surface area (Å²) in [6.07, 6.45) is 0. The molecule has 5 nitrogen and oxygen atoms in total. The molecule has 5 heteroatoms. The van der Waals surface area contributed by atoms with Gasteiger partial charge in [-0.25, -0.2) is 4.98 Å². The lowest BCUT2D eigenvalue weighted by molar-refractivity contribution is 0.669. The second-order valence-electron chi connectivity index (χ2n) is 11.9. The van der Waals surface area contributed by atoms with Gasteiger partial charge in [-0.2, -0.15) is 9.97 Å². The number of fused-ring (bicyclic) bond motifs is 6. The highest BCUT2D eigenvalue weighted by Gasteiger charge is 2.19. The van der Waals surface area contributed by atoms with Gasteiger partial charge in [0.15, 0.2) is 11.6 Å². The van der Waals surface area contributed by atoms with Crippen LogP contribution in [0, 0.1) is 0 Å². The van der Waals surface area contributed by atoms with Crippen LogP contribution in [0.3, 0.4) is 0 Å². The third-order valence-corrected chi connectivity index (χ3v) is 8.90. The van der Waals surface area contributed by atoms with E-state index in [1.807, 2.05) is 115 Å². The van der Waals surface area contributed by atoms with Crippen LogP contribution in [0.15, 0.2) is 174 Å². The van der Waals surface area contributed by atoms with Gasteiger partial charge in [-0.3, -0.25) is 4.57 Å². The Morgan fingerprint density at radius 2 is 0.960 bits per heavy atom. The lowest BCUT2D eigenvalue weighted by atomic mass is 9.96. The molecule has 0 spiro atoms. The molecule has 0 amide bonds.